The van der Waals surface area contributed by atoms with Crippen molar-refractivity contribution in [2.75, 3.05) is 31.1 Å². The molecule has 2 aromatic rings. The van der Waals surface area contributed by atoms with E-state index in [1.165, 1.54) is 11.8 Å². The van der Waals surface area contributed by atoms with Crippen molar-refractivity contribution < 1.29 is 27.4 Å². The minimum atomic E-state index is -4.81. The zero-order valence-electron chi connectivity index (χ0n) is 20.3. The number of anilines is 1. The highest BCUT2D eigenvalue weighted by molar-refractivity contribution is 5.69. The van der Waals surface area contributed by atoms with Gasteiger partial charge in [-0.15, -0.1) is 13.2 Å². The van der Waals surface area contributed by atoms with E-state index in [2.05, 4.69) is 43.9 Å². The summed E-state index contributed by atoms with van der Waals surface area (Å²) in [5, 5.41) is 0. The molecule has 0 N–H and O–H groups in total. The van der Waals surface area contributed by atoms with Gasteiger partial charge in [0, 0.05) is 38.1 Å². The van der Waals surface area contributed by atoms with Gasteiger partial charge >= 0.3 is 12.5 Å². The van der Waals surface area contributed by atoms with Crippen LogP contribution in [0.5, 0.6) is 5.88 Å². The van der Waals surface area contributed by atoms with Gasteiger partial charge in [0.2, 0.25) is 5.88 Å². The van der Waals surface area contributed by atoms with Crippen LogP contribution in [0.2, 0.25) is 0 Å². The number of rotatable bonds is 5. The third-order valence-electron chi connectivity index (χ3n) is 7.24. The molecule has 5 rings (SSSR count). The molecule has 36 heavy (non-hydrogen) atoms. The summed E-state index contributed by atoms with van der Waals surface area (Å²) in [6.45, 7) is 7.81. The molecule has 2 atom stereocenters. The molecular formula is C25H30F3N5O3. The second-order valence-electron chi connectivity index (χ2n) is 10.3. The summed E-state index contributed by atoms with van der Waals surface area (Å²) in [7, 11) is 0. The van der Waals surface area contributed by atoms with Crippen LogP contribution in [-0.2, 0) is 11.3 Å². The van der Waals surface area contributed by atoms with E-state index in [0.717, 1.165) is 38.7 Å². The van der Waals surface area contributed by atoms with Crippen molar-refractivity contribution in [3.8, 4) is 5.88 Å². The Balaban J connectivity index is 1.08. The van der Waals surface area contributed by atoms with Crippen molar-refractivity contribution in [1.29, 1.82) is 0 Å². The number of benzene rings is 1. The summed E-state index contributed by atoms with van der Waals surface area (Å²) in [4.78, 5) is 26.8. The van der Waals surface area contributed by atoms with Gasteiger partial charge in [-0.1, -0.05) is 30.3 Å². The third-order valence-corrected chi connectivity index (χ3v) is 7.24. The predicted octanol–water partition coefficient (Wildman–Crippen LogP) is 4.08. The molecule has 2 aliphatic heterocycles. The van der Waals surface area contributed by atoms with Gasteiger partial charge in [0.1, 0.15) is 11.9 Å². The first-order chi connectivity index (χ1) is 17.1. The number of amides is 1. The topological polar surface area (TPSA) is 71.0 Å². The molecule has 0 bridgehead atoms. The van der Waals surface area contributed by atoms with Crippen LogP contribution >= 0.6 is 0 Å². The Morgan fingerprint density at radius 3 is 2.31 bits per heavy atom. The van der Waals surface area contributed by atoms with Crippen molar-refractivity contribution in [2.45, 2.75) is 57.8 Å². The van der Waals surface area contributed by atoms with E-state index in [9.17, 15) is 18.0 Å². The third kappa shape index (κ3) is 5.35. The van der Waals surface area contributed by atoms with E-state index < -0.39 is 12.2 Å². The summed E-state index contributed by atoms with van der Waals surface area (Å²) >= 11 is 0. The maximum atomic E-state index is 13.0. The fourth-order valence-electron chi connectivity index (χ4n) is 5.82. The molecule has 8 nitrogen and oxygen atoms in total. The number of nitrogens with zero attached hydrogens (tertiary/aromatic N) is 5. The lowest BCUT2D eigenvalue weighted by atomic mass is 9.61. The van der Waals surface area contributed by atoms with E-state index in [1.807, 2.05) is 24.8 Å². The highest BCUT2D eigenvalue weighted by Crippen LogP contribution is 2.50. The molecule has 11 heteroatoms. The normalized spacial score (nSPS) is 24.2. The smallest absolute Gasteiger partial charge is 0.446 e. The van der Waals surface area contributed by atoms with Crippen molar-refractivity contribution in [3.05, 3.63) is 48.3 Å². The second-order valence-corrected chi connectivity index (χ2v) is 10.3. The lowest BCUT2D eigenvalue weighted by Crippen LogP contribution is -2.65. The average molecular weight is 506 g/mol. The SMILES string of the molecule is C[C@@H]1CN(c2cnc(OC(F)(F)F)cn2)C[C@@H](C)N1C(=O)OC1CC2(C1)CN(Cc1ccccc1)C2. The first kappa shape index (κ1) is 24.6. The molecule has 1 amide bonds. The van der Waals surface area contributed by atoms with Gasteiger partial charge in [-0.2, -0.15) is 0 Å². The molecule has 3 heterocycles. The van der Waals surface area contributed by atoms with Gasteiger partial charge in [-0.05, 0) is 32.3 Å². The summed E-state index contributed by atoms with van der Waals surface area (Å²) in [5.74, 6) is -0.176. The fraction of sp³-hybridized carbons (Fsp3) is 0.560. The Kier molecular flexibility index (Phi) is 6.44. The predicted molar refractivity (Wildman–Crippen MR) is 125 cm³/mol. The molecule has 3 fully saturated rings. The van der Waals surface area contributed by atoms with Gasteiger partial charge in [0.25, 0.3) is 0 Å². The van der Waals surface area contributed by atoms with Crippen molar-refractivity contribution in [2.24, 2.45) is 5.41 Å². The number of carbonyl (C=O) groups is 1. The largest absolute Gasteiger partial charge is 0.574 e. The van der Waals surface area contributed by atoms with E-state index in [0.29, 0.717) is 18.9 Å². The monoisotopic (exact) mass is 505 g/mol. The van der Waals surface area contributed by atoms with E-state index in [4.69, 9.17) is 4.74 Å². The molecular weight excluding hydrogens is 475 g/mol. The van der Waals surface area contributed by atoms with E-state index in [1.54, 1.807) is 4.90 Å². The Labute approximate surface area is 208 Å². The molecule has 1 spiro atoms. The minimum absolute atomic E-state index is 0.0548. The van der Waals surface area contributed by atoms with Crippen LogP contribution < -0.4 is 9.64 Å². The number of ether oxygens (including phenoxy) is 2. The van der Waals surface area contributed by atoms with Crippen LogP contribution in [0.25, 0.3) is 0 Å². The van der Waals surface area contributed by atoms with Gasteiger partial charge in [-0.25, -0.2) is 14.8 Å². The summed E-state index contributed by atoms with van der Waals surface area (Å²) in [6, 6.07) is 10.1. The number of hydrogen-bond donors (Lipinski definition) is 0. The molecule has 0 unspecified atom stereocenters. The zero-order chi connectivity index (χ0) is 25.5. The number of aromatic nitrogens is 2. The average Bonchev–Trinajstić information content (AvgIpc) is 2.76. The standard InChI is InChI=1S/C25H30F3N5O3/c1-17-12-32(21-10-30-22(11-29-21)36-25(26,27)28)13-18(2)33(17)23(34)35-20-8-24(9-20)15-31(16-24)14-19-6-4-3-5-7-19/h3-7,10-11,17-18,20H,8-9,12-16H2,1-2H3/t17-,18-/m1/s1. The van der Waals surface area contributed by atoms with Gasteiger partial charge in [0.05, 0.1) is 24.5 Å². The van der Waals surface area contributed by atoms with Gasteiger partial charge in [-0.3, -0.25) is 9.80 Å². The number of piperazine rings is 1. The number of halogens is 3. The molecule has 3 aliphatic rings. The van der Waals surface area contributed by atoms with Crippen molar-refractivity contribution in [1.82, 2.24) is 19.8 Å². The lowest BCUT2D eigenvalue weighted by molar-refractivity contribution is -0.276. The van der Waals surface area contributed by atoms with Crippen LogP contribution in [-0.4, -0.2) is 76.6 Å². The number of alkyl halides is 3. The van der Waals surface area contributed by atoms with E-state index in [-0.39, 0.29) is 29.7 Å². The fourth-order valence-corrected chi connectivity index (χ4v) is 5.82. The van der Waals surface area contributed by atoms with Crippen LogP contribution in [0.15, 0.2) is 42.7 Å². The molecule has 194 valence electrons. The number of carbonyl (C=O) groups excluding carboxylic acids is 1. The zero-order valence-corrected chi connectivity index (χ0v) is 20.3. The molecule has 1 aliphatic carbocycles. The molecule has 1 saturated carbocycles. The van der Waals surface area contributed by atoms with Gasteiger partial charge in [0.15, 0.2) is 0 Å². The highest BCUT2D eigenvalue weighted by Gasteiger charge is 2.54. The molecule has 0 radical (unpaired) electrons. The second kappa shape index (κ2) is 9.42. The highest BCUT2D eigenvalue weighted by atomic mass is 19.4. The molecule has 1 aromatic carbocycles. The lowest BCUT2D eigenvalue weighted by Gasteiger charge is -2.58. The van der Waals surface area contributed by atoms with Gasteiger partial charge < -0.3 is 14.4 Å². The Morgan fingerprint density at radius 1 is 1.06 bits per heavy atom. The number of likely N-dealkylation sites (tertiary alicyclic amines) is 1. The summed E-state index contributed by atoms with van der Waals surface area (Å²) in [5.41, 5.74) is 1.59. The molecule has 2 saturated heterocycles. The Hall–Kier alpha value is -3.08. The quantitative estimate of drug-likeness (QED) is 0.607. The first-order valence-electron chi connectivity index (χ1n) is 12.2. The Morgan fingerprint density at radius 2 is 1.72 bits per heavy atom. The van der Waals surface area contributed by atoms with Crippen LogP contribution in [0, 0.1) is 5.41 Å². The van der Waals surface area contributed by atoms with E-state index >= 15 is 0 Å². The van der Waals surface area contributed by atoms with Crippen LogP contribution in [0.3, 0.4) is 0 Å². The van der Waals surface area contributed by atoms with Crippen LogP contribution in [0.4, 0.5) is 23.8 Å². The van der Waals surface area contributed by atoms with Crippen LogP contribution in [0.1, 0.15) is 32.3 Å². The summed E-state index contributed by atoms with van der Waals surface area (Å²) in [6.07, 6.45) is -1.18. The minimum Gasteiger partial charge on any atom is -0.446 e. The Bertz CT molecular complexity index is 1040. The maximum absolute atomic E-state index is 13.0. The first-order valence-corrected chi connectivity index (χ1v) is 12.2. The van der Waals surface area contributed by atoms with Crippen molar-refractivity contribution in [3.63, 3.8) is 0 Å². The summed E-state index contributed by atoms with van der Waals surface area (Å²) < 4.78 is 46.7. The number of hydrogen-bond acceptors (Lipinski definition) is 7. The maximum Gasteiger partial charge on any atom is 0.574 e. The van der Waals surface area contributed by atoms with Crippen molar-refractivity contribution >= 4 is 11.9 Å². The molecule has 1 aromatic heterocycles.